The second-order valence-corrected chi connectivity index (χ2v) is 9.40. The van der Waals surface area contributed by atoms with Gasteiger partial charge in [-0.3, -0.25) is 0 Å². The first-order valence-corrected chi connectivity index (χ1v) is 11.3. The first kappa shape index (κ1) is 20.6. The molecule has 0 radical (unpaired) electrons. The van der Waals surface area contributed by atoms with Crippen LogP contribution in [0.15, 0.2) is 40.9 Å². The highest BCUT2D eigenvalue weighted by Gasteiger charge is 2.20. The fourth-order valence-electron chi connectivity index (χ4n) is 3.23. The summed E-state index contributed by atoms with van der Waals surface area (Å²) in [7, 11) is -3.60. The van der Waals surface area contributed by atoms with E-state index >= 15 is 0 Å². The Labute approximate surface area is 181 Å². The highest BCUT2D eigenvalue weighted by atomic mass is 35.5. The minimum absolute atomic E-state index is 0.0211. The number of anilines is 1. The van der Waals surface area contributed by atoms with Gasteiger partial charge in [0.15, 0.2) is 0 Å². The predicted octanol–water partition coefficient (Wildman–Crippen LogP) is 4.87. The summed E-state index contributed by atoms with van der Waals surface area (Å²) < 4.78 is 46.6. The molecule has 0 amide bonds. The van der Waals surface area contributed by atoms with E-state index in [1.807, 2.05) is 23.8 Å². The largest absolute Gasteiger partial charge is 0.403 e. The lowest BCUT2D eigenvalue weighted by Gasteiger charge is -2.10. The Morgan fingerprint density at radius 1 is 1.20 bits per heavy atom. The lowest BCUT2D eigenvalue weighted by Crippen LogP contribution is -2.09. The third kappa shape index (κ3) is 4.14. The van der Waals surface area contributed by atoms with Crippen LogP contribution in [0.1, 0.15) is 11.1 Å². The molecule has 0 spiro atoms. The number of halogens is 3. The van der Waals surface area contributed by atoms with Crippen LogP contribution in [0.2, 0.25) is 10.0 Å². The van der Waals surface area contributed by atoms with Gasteiger partial charge in [-0.25, -0.2) is 17.5 Å². The zero-order valence-electron chi connectivity index (χ0n) is 15.8. The van der Waals surface area contributed by atoms with Crippen molar-refractivity contribution in [3.63, 3.8) is 0 Å². The molecule has 2 aromatic heterocycles. The molecule has 0 fully saturated rings. The van der Waals surface area contributed by atoms with E-state index in [0.29, 0.717) is 33.1 Å². The van der Waals surface area contributed by atoms with E-state index in [2.05, 4.69) is 14.9 Å². The molecule has 0 saturated heterocycles. The van der Waals surface area contributed by atoms with Crippen molar-refractivity contribution in [3.8, 4) is 11.5 Å². The van der Waals surface area contributed by atoms with Crippen LogP contribution < -0.4 is 4.72 Å². The highest BCUT2D eigenvalue weighted by Crippen LogP contribution is 2.34. The molecule has 30 heavy (non-hydrogen) atoms. The van der Waals surface area contributed by atoms with E-state index in [-0.39, 0.29) is 11.9 Å². The summed E-state index contributed by atoms with van der Waals surface area (Å²) >= 11 is 12.3. The number of sulfonamides is 1. The van der Waals surface area contributed by atoms with Crippen molar-refractivity contribution in [2.24, 2.45) is 0 Å². The van der Waals surface area contributed by atoms with Crippen molar-refractivity contribution < 1.29 is 17.2 Å². The standard InChI is InChI=1S/C19H15Cl2FN4O3S/c1-10-8-26(9-11-3-4-12(20)5-16(11)21)17-14(10)6-13(22)7-15(17)18-23-24-19(29-18)25-30(2,27)28/h3-8H,9H2,1-2H3,(H,24,25). The van der Waals surface area contributed by atoms with Gasteiger partial charge >= 0.3 is 6.01 Å². The van der Waals surface area contributed by atoms with Crippen molar-refractivity contribution in [1.82, 2.24) is 14.8 Å². The van der Waals surface area contributed by atoms with Gasteiger partial charge in [0.2, 0.25) is 10.0 Å². The maximum atomic E-state index is 14.3. The molecule has 7 nitrogen and oxygen atoms in total. The predicted molar refractivity (Wildman–Crippen MR) is 114 cm³/mol. The monoisotopic (exact) mass is 468 g/mol. The average molecular weight is 469 g/mol. The number of aryl methyl sites for hydroxylation is 1. The molecule has 4 rings (SSSR count). The molecule has 2 aromatic carbocycles. The lowest BCUT2D eigenvalue weighted by molar-refractivity contribution is 0.578. The number of fused-ring (bicyclic) bond motifs is 1. The number of hydrogen-bond donors (Lipinski definition) is 1. The Kier molecular flexibility index (Phi) is 5.21. The molecule has 0 bridgehead atoms. The maximum Gasteiger partial charge on any atom is 0.329 e. The van der Waals surface area contributed by atoms with Crippen LogP contribution >= 0.6 is 23.2 Å². The van der Waals surface area contributed by atoms with Crippen LogP contribution in [-0.2, 0) is 16.6 Å². The minimum Gasteiger partial charge on any atom is -0.403 e. The SMILES string of the molecule is Cc1cn(Cc2ccc(Cl)cc2Cl)c2c(-c3nnc(NS(C)(=O)=O)o3)cc(F)cc12. The molecule has 0 aliphatic heterocycles. The van der Waals surface area contributed by atoms with Gasteiger partial charge in [0.1, 0.15) is 5.82 Å². The third-order valence-electron chi connectivity index (χ3n) is 4.42. The molecule has 4 aromatic rings. The smallest absolute Gasteiger partial charge is 0.329 e. The number of rotatable bonds is 5. The molecule has 0 aliphatic carbocycles. The summed E-state index contributed by atoms with van der Waals surface area (Å²) in [5.41, 5.74) is 2.63. The van der Waals surface area contributed by atoms with Gasteiger partial charge < -0.3 is 8.98 Å². The number of nitrogens with one attached hydrogen (secondary N) is 1. The zero-order valence-corrected chi connectivity index (χ0v) is 18.1. The van der Waals surface area contributed by atoms with Crippen LogP contribution in [0, 0.1) is 12.7 Å². The van der Waals surface area contributed by atoms with Crippen LogP contribution in [0.3, 0.4) is 0 Å². The van der Waals surface area contributed by atoms with E-state index in [9.17, 15) is 12.8 Å². The molecule has 0 saturated carbocycles. The summed E-state index contributed by atoms with van der Waals surface area (Å²) in [6.07, 6.45) is 2.83. The van der Waals surface area contributed by atoms with Gasteiger partial charge in [0.05, 0.1) is 17.3 Å². The van der Waals surface area contributed by atoms with Gasteiger partial charge in [-0.2, -0.15) is 0 Å². The van der Waals surface area contributed by atoms with Crippen LogP contribution in [-0.4, -0.2) is 29.4 Å². The van der Waals surface area contributed by atoms with E-state index in [0.717, 1.165) is 17.4 Å². The molecule has 1 N–H and O–H groups in total. The fraction of sp³-hybridized carbons (Fsp3) is 0.158. The zero-order chi connectivity index (χ0) is 21.6. The van der Waals surface area contributed by atoms with Crippen molar-refractivity contribution in [2.75, 3.05) is 11.0 Å². The van der Waals surface area contributed by atoms with E-state index in [4.69, 9.17) is 27.6 Å². The van der Waals surface area contributed by atoms with Gasteiger partial charge in [0.25, 0.3) is 5.89 Å². The van der Waals surface area contributed by atoms with Crippen molar-refractivity contribution in [1.29, 1.82) is 0 Å². The summed E-state index contributed by atoms with van der Waals surface area (Å²) in [4.78, 5) is 0. The van der Waals surface area contributed by atoms with Crippen molar-refractivity contribution >= 4 is 50.1 Å². The van der Waals surface area contributed by atoms with Gasteiger partial charge in [-0.05, 0) is 42.3 Å². The van der Waals surface area contributed by atoms with Crippen LogP contribution in [0.5, 0.6) is 0 Å². The molecular formula is C19H15Cl2FN4O3S. The first-order chi connectivity index (χ1) is 14.1. The number of aromatic nitrogens is 3. The summed E-state index contributed by atoms with van der Waals surface area (Å²) in [6.45, 7) is 2.25. The maximum absolute atomic E-state index is 14.3. The topological polar surface area (TPSA) is 90.0 Å². The Balaban J connectivity index is 1.86. The molecular weight excluding hydrogens is 454 g/mol. The minimum atomic E-state index is -3.60. The molecule has 0 aliphatic rings. The van der Waals surface area contributed by atoms with Crippen molar-refractivity contribution in [2.45, 2.75) is 13.5 Å². The summed E-state index contributed by atoms with van der Waals surface area (Å²) in [6, 6.07) is 7.58. The lowest BCUT2D eigenvalue weighted by atomic mass is 10.1. The first-order valence-electron chi connectivity index (χ1n) is 8.65. The van der Waals surface area contributed by atoms with Gasteiger partial charge in [0, 0.05) is 28.2 Å². The molecule has 2 heterocycles. The van der Waals surface area contributed by atoms with Gasteiger partial charge in [-0.1, -0.05) is 34.4 Å². The second-order valence-electron chi connectivity index (χ2n) is 6.81. The molecule has 156 valence electrons. The van der Waals surface area contributed by atoms with Gasteiger partial charge in [-0.15, -0.1) is 5.10 Å². The van der Waals surface area contributed by atoms with Crippen LogP contribution in [0.4, 0.5) is 10.4 Å². The quantitative estimate of drug-likeness (QED) is 0.451. The molecule has 0 unspecified atom stereocenters. The third-order valence-corrected chi connectivity index (χ3v) is 5.55. The highest BCUT2D eigenvalue weighted by molar-refractivity contribution is 7.91. The van der Waals surface area contributed by atoms with E-state index in [1.54, 1.807) is 12.1 Å². The Morgan fingerprint density at radius 3 is 2.67 bits per heavy atom. The van der Waals surface area contributed by atoms with E-state index < -0.39 is 15.8 Å². The normalized spacial score (nSPS) is 11.9. The summed E-state index contributed by atoms with van der Waals surface area (Å²) in [5.74, 6) is -0.508. The van der Waals surface area contributed by atoms with Crippen LogP contribution in [0.25, 0.3) is 22.4 Å². The Morgan fingerprint density at radius 2 is 1.97 bits per heavy atom. The van der Waals surface area contributed by atoms with Crippen molar-refractivity contribution in [3.05, 3.63) is 63.5 Å². The Bertz CT molecular complexity index is 1380. The molecule has 0 atom stereocenters. The average Bonchev–Trinajstić information content (AvgIpc) is 3.20. The summed E-state index contributed by atoms with van der Waals surface area (Å²) in [5, 5.41) is 9.25. The van der Waals surface area contributed by atoms with E-state index in [1.165, 1.54) is 12.1 Å². The number of nitrogens with zero attached hydrogens (tertiary/aromatic N) is 3. The second kappa shape index (κ2) is 7.57. The fourth-order valence-corrected chi connectivity index (χ4v) is 4.10. The number of hydrogen-bond acceptors (Lipinski definition) is 5. The Hall–Kier alpha value is -2.62. The number of benzene rings is 2. The molecule has 11 heteroatoms.